The molecule has 0 saturated carbocycles. The van der Waals surface area contributed by atoms with Crippen LogP contribution < -0.4 is 29.8 Å². The zero-order chi connectivity index (χ0) is 24.7. The highest BCUT2D eigenvalue weighted by molar-refractivity contribution is 5.87. The van der Waals surface area contributed by atoms with Crippen molar-refractivity contribution in [3.05, 3.63) is 83.9 Å². The molecule has 3 aromatic rings. The van der Waals surface area contributed by atoms with Gasteiger partial charge < -0.3 is 18.9 Å². The van der Waals surface area contributed by atoms with Gasteiger partial charge in [0.25, 0.3) is 11.8 Å². The fourth-order valence-electron chi connectivity index (χ4n) is 3.45. The highest BCUT2D eigenvalue weighted by atomic mass is 16.6. The number of nitrogens with one attached hydrogen (secondary N) is 2. The fraction of sp³-hybridized carbons (Fsp3) is 0.154. The van der Waals surface area contributed by atoms with Crippen molar-refractivity contribution in [3.8, 4) is 23.0 Å². The molecule has 0 radical (unpaired) electrons. The molecule has 0 bridgehead atoms. The van der Waals surface area contributed by atoms with E-state index in [9.17, 15) is 9.59 Å². The van der Waals surface area contributed by atoms with Crippen LogP contribution in [-0.2, 0) is 9.59 Å². The number of amides is 2. The number of hydrogen-bond acceptors (Lipinski definition) is 8. The highest BCUT2D eigenvalue weighted by Gasteiger charge is 2.28. The van der Waals surface area contributed by atoms with Gasteiger partial charge in [0.05, 0.1) is 12.4 Å². The minimum absolute atomic E-state index is 0.107. The Bertz CT molecular complexity index is 1210. The van der Waals surface area contributed by atoms with Crippen molar-refractivity contribution in [1.82, 2.24) is 10.9 Å². The van der Waals surface area contributed by atoms with Gasteiger partial charge in [-0.05, 0) is 35.4 Å². The van der Waals surface area contributed by atoms with Crippen LogP contribution in [0.4, 0.5) is 0 Å². The molecule has 2 unspecified atom stereocenters. The minimum Gasteiger partial charge on any atom is -0.485 e. The van der Waals surface area contributed by atoms with Crippen molar-refractivity contribution in [2.75, 3.05) is 13.2 Å². The number of fused-ring (bicyclic) bond motifs is 2. The lowest BCUT2D eigenvalue weighted by molar-refractivity contribution is -0.131. The Morgan fingerprint density at radius 3 is 1.44 bits per heavy atom. The molecular formula is C26H22N4O6. The van der Waals surface area contributed by atoms with E-state index in [4.69, 9.17) is 18.9 Å². The van der Waals surface area contributed by atoms with Gasteiger partial charge in [0.15, 0.2) is 23.0 Å². The maximum Gasteiger partial charge on any atom is 0.284 e. The van der Waals surface area contributed by atoms with E-state index in [2.05, 4.69) is 21.1 Å². The van der Waals surface area contributed by atoms with E-state index >= 15 is 0 Å². The molecule has 10 heteroatoms. The Balaban J connectivity index is 1.08. The summed E-state index contributed by atoms with van der Waals surface area (Å²) in [4.78, 5) is 24.6. The van der Waals surface area contributed by atoms with E-state index in [1.165, 1.54) is 12.4 Å². The number of rotatable bonds is 6. The predicted octanol–water partition coefficient (Wildman–Crippen LogP) is 2.27. The third-order valence-electron chi connectivity index (χ3n) is 5.32. The van der Waals surface area contributed by atoms with Crippen molar-refractivity contribution in [3.63, 3.8) is 0 Å². The molecule has 2 aliphatic heterocycles. The SMILES string of the molecule is O=C(N/N=C/c1ccc(/C=N/NC(=O)C2COc3ccccc3O2)cc1)C1COc2ccccc2O1. The summed E-state index contributed by atoms with van der Waals surface area (Å²) >= 11 is 0. The second kappa shape index (κ2) is 10.6. The van der Waals surface area contributed by atoms with Gasteiger partial charge in [-0.25, -0.2) is 10.9 Å². The van der Waals surface area contributed by atoms with Crippen LogP contribution in [-0.4, -0.2) is 49.7 Å². The van der Waals surface area contributed by atoms with Crippen LogP contribution in [0.2, 0.25) is 0 Å². The minimum atomic E-state index is -0.786. The second-order valence-corrected chi connectivity index (χ2v) is 7.86. The van der Waals surface area contributed by atoms with E-state index in [-0.39, 0.29) is 13.2 Å². The normalized spacial score (nSPS) is 18.1. The fourth-order valence-corrected chi connectivity index (χ4v) is 3.45. The third kappa shape index (κ3) is 5.44. The molecule has 3 aromatic carbocycles. The zero-order valence-electron chi connectivity index (χ0n) is 19.0. The smallest absolute Gasteiger partial charge is 0.284 e. The summed E-state index contributed by atoms with van der Waals surface area (Å²) in [6.45, 7) is 0.215. The van der Waals surface area contributed by atoms with E-state index in [0.29, 0.717) is 23.0 Å². The van der Waals surface area contributed by atoms with E-state index < -0.39 is 24.0 Å². The Morgan fingerprint density at radius 1 is 0.639 bits per heavy atom. The van der Waals surface area contributed by atoms with Crippen LogP contribution in [0.15, 0.2) is 83.0 Å². The molecule has 0 aromatic heterocycles. The van der Waals surface area contributed by atoms with Crippen LogP contribution in [0.1, 0.15) is 11.1 Å². The van der Waals surface area contributed by atoms with Gasteiger partial charge in [-0.2, -0.15) is 10.2 Å². The maximum atomic E-state index is 12.3. The van der Waals surface area contributed by atoms with Crippen LogP contribution in [0.3, 0.4) is 0 Å². The van der Waals surface area contributed by atoms with Gasteiger partial charge in [-0.15, -0.1) is 0 Å². The molecule has 0 fully saturated rings. The summed E-state index contributed by atoms with van der Waals surface area (Å²) in [6, 6.07) is 21.5. The molecule has 182 valence electrons. The molecule has 0 spiro atoms. The lowest BCUT2D eigenvalue weighted by Crippen LogP contribution is -2.42. The Morgan fingerprint density at radius 2 is 1.03 bits per heavy atom. The number of nitrogens with zero attached hydrogens (tertiary/aromatic N) is 2. The molecule has 2 aliphatic rings. The van der Waals surface area contributed by atoms with Crippen LogP contribution in [0, 0.1) is 0 Å². The average Bonchev–Trinajstić information content (AvgIpc) is 2.93. The quantitative estimate of drug-likeness (QED) is 0.408. The number of carbonyl (C=O) groups is 2. The molecular weight excluding hydrogens is 464 g/mol. The van der Waals surface area contributed by atoms with Gasteiger partial charge in [0.2, 0.25) is 12.2 Å². The van der Waals surface area contributed by atoms with Crippen LogP contribution in [0.5, 0.6) is 23.0 Å². The first-order valence-corrected chi connectivity index (χ1v) is 11.2. The number of para-hydroxylation sites is 4. The predicted molar refractivity (Wildman–Crippen MR) is 131 cm³/mol. The van der Waals surface area contributed by atoms with Gasteiger partial charge >= 0.3 is 0 Å². The summed E-state index contributed by atoms with van der Waals surface area (Å²) in [5, 5.41) is 7.96. The van der Waals surface area contributed by atoms with Gasteiger partial charge in [0.1, 0.15) is 13.2 Å². The lowest BCUT2D eigenvalue weighted by atomic mass is 10.2. The molecule has 2 atom stereocenters. The number of carbonyl (C=O) groups excluding carboxylic acids is 2. The largest absolute Gasteiger partial charge is 0.485 e. The molecule has 0 saturated heterocycles. The molecule has 36 heavy (non-hydrogen) atoms. The first-order chi connectivity index (χ1) is 17.7. The van der Waals surface area contributed by atoms with Crippen molar-refractivity contribution in [2.24, 2.45) is 10.2 Å². The van der Waals surface area contributed by atoms with E-state index in [1.807, 2.05) is 24.3 Å². The first kappa shape index (κ1) is 22.9. The Kier molecular flexibility index (Phi) is 6.74. The summed E-state index contributed by atoms with van der Waals surface area (Å²) in [5.74, 6) is 1.44. The van der Waals surface area contributed by atoms with Crippen molar-refractivity contribution in [1.29, 1.82) is 0 Å². The average molecular weight is 486 g/mol. The van der Waals surface area contributed by atoms with Crippen molar-refractivity contribution >= 4 is 24.2 Å². The Labute approximate surface area is 206 Å². The van der Waals surface area contributed by atoms with Gasteiger partial charge in [0, 0.05) is 0 Å². The van der Waals surface area contributed by atoms with Crippen LogP contribution in [0.25, 0.3) is 0 Å². The number of ether oxygens (including phenoxy) is 4. The van der Waals surface area contributed by atoms with E-state index in [0.717, 1.165) is 11.1 Å². The lowest BCUT2D eigenvalue weighted by Gasteiger charge is -2.24. The monoisotopic (exact) mass is 486 g/mol. The molecule has 2 heterocycles. The molecule has 5 rings (SSSR count). The third-order valence-corrected chi connectivity index (χ3v) is 5.32. The number of hydrogen-bond donors (Lipinski definition) is 2. The molecule has 10 nitrogen and oxygen atoms in total. The maximum absolute atomic E-state index is 12.3. The standard InChI is InChI=1S/C26H22N4O6/c31-25(23-15-33-19-5-1-3-7-21(19)35-23)29-27-13-17-9-11-18(12-10-17)14-28-30-26(32)24-16-34-20-6-2-4-8-22(20)36-24/h1-14,23-24H,15-16H2,(H,29,31)(H,30,32)/b27-13+,28-14+. The van der Waals surface area contributed by atoms with E-state index in [1.54, 1.807) is 48.5 Å². The van der Waals surface area contributed by atoms with Crippen molar-refractivity contribution < 1.29 is 28.5 Å². The second-order valence-electron chi connectivity index (χ2n) is 7.86. The molecule has 0 aliphatic carbocycles. The van der Waals surface area contributed by atoms with Crippen molar-refractivity contribution in [2.45, 2.75) is 12.2 Å². The molecule has 2 amide bonds. The summed E-state index contributed by atoms with van der Waals surface area (Å²) in [7, 11) is 0. The van der Waals surface area contributed by atoms with Gasteiger partial charge in [-0.1, -0.05) is 48.5 Å². The van der Waals surface area contributed by atoms with Crippen LogP contribution >= 0.6 is 0 Å². The number of benzene rings is 3. The summed E-state index contributed by atoms with van der Waals surface area (Å²) in [6.07, 6.45) is 1.45. The summed E-state index contributed by atoms with van der Waals surface area (Å²) < 4.78 is 22.4. The summed E-state index contributed by atoms with van der Waals surface area (Å²) in [5.41, 5.74) is 6.44. The highest BCUT2D eigenvalue weighted by Crippen LogP contribution is 2.31. The molecule has 2 N–H and O–H groups in total. The Hall–Kier alpha value is -4.86. The first-order valence-electron chi connectivity index (χ1n) is 11.2. The topological polar surface area (TPSA) is 120 Å². The zero-order valence-corrected chi connectivity index (χ0v) is 19.0. The number of hydrazone groups is 2. The van der Waals surface area contributed by atoms with Gasteiger partial charge in [-0.3, -0.25) is 9.59 Å².